The lowest BCUT2D eigenvalue weighted by atomic mass is 9.52. The van der Waals surface area contributed by atoms with Gasteiger partial charge >= 0.3 is 0 Å². The highest BCUT2D eigenvalue weighted by Gasteiger charge is 2.56. The number of hydrogen-bond acceptors (Lipinski definition) is 3. The highest BCUT2D eigenvalue weighted by molar-refractivity contribution is 5.21. The van der Waals surface area contributed by atoms with Gasteiger partial charge in [0, 0.05) is 6.61 Å². The summed E-state index contributed by atoms with van der Waals surface area (Å²) in [6.45, 7) is 9.09. The van der Waals surface area contributed by atoms with E-state index in [1.165, 1.54) is 5.57 Å². The number of aliphatic hydroxyl groups excluding tert-OH is 3. The standard InChI is InChI=1S/C22H36O3/c1-15-7-8-18-20(25)19(10-12-21(15,18)2)22(3)11-9-17(24)14-16(22)6-4-5-13-23/h4,6,16-20,23-25H,1,5,7-14H2,2-3H3/b6-4+/t16-,17-,18?,19?,20+,21-,22-/m0/s1. The van der Waals surface area contributed by atoms with Crippen LogP contribution < -0.4 is 0 Å². The van der Waals surface area contributed by atoms with Gasteiger partial charge in [0.15, 0.2) is 0 Å². The first-order valence-electron chi connectivity index (χ1n) is 10.1. The summed E-state index contributed by atoms with van der Waals surface area (Å²) in [5.74, 6) is 0.897. The lowest BCUT2D eigenvalue weighted by Gasteiger charge is -2.54. The van der Waals surface area contributed by atoms with Crippen LogP contribution in [0.3, 0.4) is 0 Å². The molecule has 0 aromatic carbocycles. The van der Waals surface area contributed by atoms with E-state index in [0.29, 0.717) is 12.3 Å². The van der Waals surface area contributed by atoms with Crippen molar-refractivity contribution in [1.82, 2.24) is 0 Å². The molecule has 3 rings (SSSR count). The zero-order valence-electron chi connectivity index (χ0n) is 16.0. The smallest absolute Gasteiger partial charge is 0.0610 e. The van der Waals surface area contributed by atoms with Crippen LogP contribution >= 0.6 is 0 Å². The van der Waals surface area contributed by atoms with Crippen LogP contribution in [0, 0.1) is 28.6 Å². The minimum atomic E-state index is -0.271. The Morgan fingerprint density at radius 1 is 1.12 bits per heavy atom. The van der Waals surface area contributed by atoms with Gasteiger partial charge in [0.1, 0.15) is 0 Å². The summed E-state index contributed by atoms with van der Waals surface area (Å²) in [7, 11) is 0. The first kappa shape index (κ1) is 19.1. The van der Waals surface area contributed by atoms with E-state index in [9.17, 15) is 10.2 Å². The molecule has 3 fully saturated rings. The third kappa shape index (κ3) is 3.24. The quantitative estimate of drug-likeness (QED) is 0.677. The van der Waals surface area contributed by atoms with Crippen molar-refractivity contribution in [1.29, 1.82) is 0 Å². The van der Waals surface area contributed by atoms with E-state index in [4.69, 9.17) is 5.11 Å². The predicted molar refractivity (Wildman–Crippen MR) is 101 cm³/mol. The van der Waals surface area contributed by atoms with Gasteiger partial charge in [-0.1, -0.05) is 38.2 Å². The van der Waals surface area contributed by atoms with E-state index in [2.05, 4.69) is 32.6 Å². The van der Waals surface area contributed by atoms with Crippen LogP contribution in [0.5, 0.6) is 0 Å². The molecule has 3 aliphatic carbocycles. The van der Waals surface area contributed by atoms with Gasteiger partial charge in [-0.15, -0.1) is 0 Å². The Hall–Kier alpha value is -0.640. The third-order valence-electron chi connectivity index (χ3n) is 8.08. The van der Waals surface area contributed by atoms with Gasteiger partial charge in [0.2, 0.25) is 0 Å². The number of aliphatic hydroxyl groups is 3. The second-order valence-electron chi connectivity index (χ2n) is 9.28. The molecule has 3 saturated carbocycles. The van der Waals surface area contributed by atoms with E-state index in [1.807, 2.05) is 0 Å². The van der Waals surface area contributed by atoms with Crippen LogP contribution in [0.15, 0.2) is 24.3 Å². The molecule has 0 aromatic rings. The zero-order chi connectivity index (χ0) is 18.2. The van der Waals surface area contributed by atoms with Gasteiger partial charge in [-0.25, -0.2) is 0 Å². The van der Waals surface area contributed by atoms with Crippen LogP contribution in [0.2, 0.25) is 0 Å². The topological polar surface area (TPSA) is 60.7 Å². The van der Waals surface area contributed by atoms with Gasteiger partial charge in [-0.2, -0.15) is 0 Å². The van der Waals surface area contributed by atoms with E-state index in [1.54, 1.807) is 0 Å². The van der Waals surface area contributed by atoms with Crippen molar-refractivity contribution >= 4 is 0 Å². The average molecular weight is 349 g/mol. The molecule has 7 atom stereocenters. The summed E-state index contributed by atoms with van der Waals surface area (Å²) >= 11 is 0. The van der Waals surface area contributed by atoms with Crippen molar-refractivity contribution in [3.63, 3.8) is 0 Å². The molecule has 0 amide bonds. The molecule has 0 spiro atoms. The number of allylic oxidation sites excluding steroid dienone is 2. The van der Waals surface area contributed by atoms with Crippen molar-refractivity contribution in [3.05, 3.63) is 24.3 Å². The Kier molecular flexibility index (Phi) is 5.49. The Balaban J connectivity index is 1.83. The second kappa shape index (κ2) is 7.17. The maximum atomic E-state index is 11.3. The Labute approximate surface area is 152 Å². The minimum Gasteiger partial charge on any atom is -0.396 e. The van der Waals surface area contributed by atoms with E-state index in [0.717, 1.165) is 44.9 Å². The fourth-order valence-electron chi connectivity index (χ4n) is 6.17. The largest absolute Gasteiger partial charge is 0.396 e. The molecule has 3 aliphatic rings. The molecule has 0 bridgehead atoms. The van der Waals surface area contributed by atoms with Gasteiger partial charge in [-0.3, -0.25) is 0 Å². The maximum Gasteiger partial charge on any atom is 0.0610 e. The Morgan fingerprint density at radius 2 is 1.88 bits per heavy atom. The molecule has 0 radical (unpaired) electrons. The first-order valence-corrected chi connectivity index (χ1v) is 10.1. The van der Waals surface area contributed by atoms with Crippen LogP contribution in [0.4, 0.5) is 0 Å². The predicted octanol–water partition coefficient (Wildman–Crippen LogP) is 3.84. The fourth-order valence-corrected chi connectivity index (χ4v) is 6.17. The molecule has 3 N–H and O–H groups in total. The van der Waals surface area contributed by atoms with Crippen molar-refractivity contribution in [3.8, 4) is 0 Å². The molecular weight excluding hydrogens is 312 g/mol. The van der Waals surface area contributed by atoms with Crippen LogP contribution in [-0.4, -0.2) is 34.1 Å². The van der Waals surface area contributed by atoms with Crippen LogP contribution in [-0.2, 0) is 0 Å². The summed E-state index contributed by atoms with van der Waals surface area (Å²) < 4.78 is 0. The SMILES string of the molecule is C=C1CCC2[C@@H](O)C([C@@]3(C)CC[C@H](O)C[C@@H]3/C=C/CCO)CC[C@@]12C. The summed E-state index contributed by atoms with van der Waals surface area (Å²) in [6, 6.07) is 0. The van der Waals surface area contributed by atoms with E-state index < -0.39 is 0 Å². The minimum absolute atomic E-state index is 0.0237. The van der Waals surface area contributed by atoms with Gasteiger partial charge in [-0.05, 0) is 80.0 Å². The summed E-state index contributed by atoms with van der Waals surface area (Å²) in [5, 5.41) is 30.6. The van der Waals surface area contributed by atoms with Crippen molar-refractivity contribution in [2.75, 3.05) is 6.61 Å². The average Bonchev–Trinajstić information content (AvgIpc) is 2.88. The van der Waals surface area contributed by atoms with Crippen molar-refractivity contribution in [2.24, 2.45) is 28.6 Å². The molecule has 0 heterocycles. The summed E-state index contributed by atoms with van der Waals surface area (Å²) in [4.78, 5) is 0. The molecule has 0 aromatic heterocycles. The normalized spacial score (nSPS) is 48.0. The summed E-state index contributed by atoms with van der Waals surface area (Å²) in [6.07, 6.45) is 11.3. The van der Waals surface area contributed by atoms with Crippen molar-refractivity contribution < 1.29 is 15.3 Å². The number of hydrogen-bond donors (Lipinski definition) is 3. The second-order valence-corrected chi connectivity index (χ2v) is 9.28. The maximum absolute atomic E-state index is 11.3. The Bertz CT molecular complexity index is 527. The van der Waals surface area contributed by atoms with E-state index in [-0.39, 0.29) is 41.5 Å². The number of rotatable bonds is 4. The van der Waals surface area contributed by atoms with Gasteiger partial charge in [0.25, 0.3) is 0 Å². The molecule has 3 heteroatoms. The lowest BCUT2D eigenvalue weighted by Crippen LogP contribution is -2.52. The highest BCUT2D eigenvalue weighted by Crippen LogP contribution is 2.61. The molecule has 0 saturated heterocycles. The molecule has 142 valence electrons. The highest BCUT2D eigenvalue weighted by atomic mass is 16.3. The monoisotopic (exact) mass is 348 g/mol. The lowest BCUT2D eigenvalue weighted by molar-refractivity contribution is -0.110. The van der Waals surface area contributed by atoms with E-state index >= 15 is 0 Å². The molecule has 0 aliphatic heterocycles. The van der Waals surface area contributed by atoms with Gasteiger partial charge in [0.05, 0.1) is 12.2 Å². The Morgan fingerprint density at radius 3 is 2.60 bits per heavy atom. The fraction of sp³-hybridized carbons (Fsp3) is 0.818. The molecular formula is C22H36O3. The number of fused-ring (bicyclic) bond motifs is 1. The van der Waals surface area contributed by atoms with Crippen LogP contribution in [0.1, 0.15) is 65.2 Å². The van der Waals surface area contributed by atoms with Crippen molar-refractivity contribution in [2.45, 2.75) is 77.4 Å². The molecule has 2 unspecified atom stereocenters. The first-order chi connectivity index (χ1) is 11.8. The molecule has 3 nitrogen and oxygen atoms in total. The van der Waals surface area contributed by atoms with Gasteiger partial charge < -0.3 is 15.3 Å². The van der Waals surface area contributed by atoms with Crippen LogP contribution in [0.25, 0.3) is 0 Å². The molecule has 25 heavy (non-hydrogen) atoms. The zero-order valence-corrected chi connectivity index (χ0v) is 16.0. The summed E-state index contributed by atoms with van der Waals surface area (Å²) in [5.41, 5.74) is 1.47. The third-order valence-corrected chi connectivity index (χ3v) is 8.08.